The minimum Gasteiger partial charge on any atom is -0.436 e. The molecule has 20 aromatic carbocycles. The van der Waals surface area contributed by atoms with Crippen molar-refractivity contribution in [2.24, 2.45) is 0 Å². The molecular formula is C122H76N10OS2. The van der Waals surface area contributed by atoms with E-state index in [0.717, 1.165) is 165 Å². The second-order valence-electron chi connectivity index (χ2n) is 33.3. The van der Waals surface area contributed by atoms with Gasteiger partial charge in [-0.2, -0.15) is 0 Å². The Hall–Kier alpha value is -17.6. The van der Waals surface area contributed by atoms with Crippen molar-refractivity contribution in [3.05, 3.63) is 461 Å². The fourth-order valence-electron chi connectivity index (χ4n) is 18.0. The van der Waals surface area contributed by atoms with Crippen LogP contribution in [-0.2, 0) is 0 Å². The van der Waals surface area contributed by atoms with Gasteiger partial charge in [-0.05, 0) is 137 Å². The van der Waals surface area contributed by atoms with Crippen LogP contribution < -0.4 is 0 Å². The summed E-state index contributed by atoms with van der Waals surface area (Å²) < 4.78 is 8.60. The van der Waals surface area contributed by atoms with Crippen LogP contribution in [-0.4, -0.2) is 49.8 Å². The van der Waals surface area contributed by atoms with E-state index in [9.17, 15) is 0 Å². The second kappa shape index (κ2) is 35.3. The Labute approximate surface area is 785 Å². The number of rotatable bonds is 14. The second-order valence-corrected chi connectivity index (χ2v) is 35.3. The molecule has 0 saturated carbocycles. The molecule has 0 bridgehead atoms. The highest BCUT2D eigenvalue weighted by molar-refractivity contribution is 7.22. The zero-order chi connectivity index (χ0) is 89.5. The van der Waals surface area contributed by atoms with Crippen LogP contribution in [0.15, 0.2) is 465 Å². The van der Waals surface area contributed by atoms with E-state index in [1.807, 2.05) is 133 Å². The summed E-state index contributed by atoms with van der Waals surface area (Å²) in [7, 11) is 0. The molecule has 26 aromatic rings. The number of aromatic nitrogens is 10. The molecule has 0 unspecified atom stereocenters. The van der Waals surface area contributed by atoms with Crippen molar-refractivity contribution in [2.75, 3.05) is 0 Å². The largest absolute Gasteiger partial charge is 0.436 e. The van der Waals surface area contributed by atoms with Crippen molar-refractivity contribution in [1.82, 2.24) is 49.8 Å². The van der Waals surface area contributed by atoms with Gasteiger partial charge in [-0.25, -0.2) is 49.8 Å². The van der Waals surface area contributed by atoms with Gasteiger partial charge in [-0.3, -0.25) is 0 Å². The third-order valence-electron chi connectivity index (χ3n) is 24.8. The molecule has 632 valence electrons. The standard InChI is InChI=1S/C43H27N3S.C42H26N4O.C37H23N3S/c1-4-10-28(11-5-1)29-16-18-31(19-17-29)38-27-37(30-12-6-2-7-13-30)44-42(45-38)35-22-24-36-34(26-35)21-20-32-23-25-39-41(40(32)36)46-43(47-39)33-14-8-3-9-15-33;1-4-11-27(12-5-1)31-17-10-18-33(25-31)40-44-39(29-13-6-2-7-14-29)45-41(46-40)34-21-23-35-32(26-34)20-19-28-22-24-36-38(37(28)35)43-42(47-36)30-15-8-3-9-16-30;1-4-10-24(11-5-1)31-23-32(25-12-6-2-7-13-25)39-36(38-31)29-18-20-30-28(22-29)17-16-26-19-21-33-35(34(26)30)40-37(41-33)27-14-8-3-9-15-27/h1-27H;1-26H;1-23H. The summed E-state index contributed by atoms with van der Waals surface area (Å²) in [6.45, 7) is 0. The van der Waals surface area contributed by atoms with E-state index in [0.29, 0.717) is 35.0 Å². The fourth-order valence-corrected chi connectivity index (χ4v) is 20.0. The molecule has 0 amide bonds. The summed E-state index contributed by atoms with van der Waals surface area (Å²) in [5.74, 6) is 3.91. The average Bonchev–Trinajstić information content (AvgIpc) is 1.69. The molecular weight excluding hydrogens is 1690 g/mol. The molecule has 6 heterocycles. The minimum atomic E-state index is 0.615. The van der Waals surface area contributed by atoms with Gasteiger partial charge in [0.2, 0.25) is 5.89 Å². The van der Waals surface area contributed by atoms with E-state index >= 15 is 0 Å². The number of hydrogen-bond donors (Lipinski definition) is 0. The van der Waals surface area contributed by atoms with Gasteiger partial charge in [0, 0.05) is 82.9 Å². The van der Waals surface area contributed by atoms with Crippen LogP contribution in [0.5, 0.6) is 0 Å². The maximum absolute atomic E-state index is 6.21. The summed E-state index contributed by atoms with van der Waals surface area (Å²) in [6, 6.07) is 159. The molecule has 0 atom stereocenters. The molecule has 0 radical (unpaired) electrons. The zero-order valence-corrected chi connectivity index (χ0v) is 74.2. The molecule has 0 N–H and O–H groups in total. The predicted molar refractivity (Wildman–Crippen MR) is 559 cm³/mol. The number of oxazole rings is 1. The van der Waals surface area contributed by atoms with Gasteiger partial charge < -0.3 is 4.42 Å². The van der Waals surface area contributed by atoms with Crippen LogP contribution in [0, 0.1) is 0 Å². The van der Waals surface area contributed by atoms with Gasteiger partial charge in [0.15, 0.2) is 34.7 Å². The lowest BCUT2D eigenvalue weighted by Gasteiger charge is -2.11. The first-order chi connectivity index (χ1) is 66.8. The normalized spacial score (nSPS) is 11.4. The lowest BCUT2D eigenvalue weighted by molar-refractivity contribution is 0.620. The van der Waals surface area contributed by atoms with Gasteiger partial charge in [0.25, 0.3) is 0 Å². The van der Waals surface area contributed by atoms with Crippen molar-refractivity contribution < 1.29 is 4.42 Å². The van der Waals surface area contributed by atoms with Crippen LogP contribution in [0.25, 0.3) is 253 Å². The molecule has 0 spiro atoms. The molecule has 0 aliphatic heterocycles. The Balaban J connectivity index is 0.000000111. The maximum Gasteiger partial charge on any atom is 0.227 e. The van der Waals surface area contributed by atoms with Gasteiger partial charge in [-0.15, -0.1) is 22.7 Å². The lowest BCUT2D eigenvalue weighted by Crippen LogP contribution is -2.00. The first-order valence-electron chi connectivity index (χ1n) is 44.9. The molecule has 0 fully saturated rings. The number of fused-ring (bicyclic) bond motifs is 15. The molecule has 0 aliphatic rings. The third-order valence-corrected chi connectivity index (χ3v) is 26.9. The van der Waals surface area contributed by atoms with Crippen LogP contribution in [0.1, 0.15) is 0 Å². The van der Waals surface area contributed by atoms with Crippen LogP contribution in [0.4, 0.5) is 0 Å². The molecule has 6 aromatic heterocycles. The quantitative estimate of drug-likeness (QED) is 0.0960. The van der Waals surface area contributed by atoms with Crippen molar-refractivity contribution >= 4 is 119 Å². The van der Waals surface area contributed by atoms with Gasteiger partial charge in [0.1, 0.15) is 15.5 Å². The zero-order valence-electron chi connectivity index (χ0n) is 72.6. The topological polar surface area (TPSA) is 142 Å². The van der Waals surface area contributed by atoms with Crippen LogP contribution in [0.2, 0.25) is 0 Å². The SMILES string of the molecule is c1ccc(-c2cc(-c3ccccc3)nc(-c3ccc4c(ccc5ccc6sc(-c7ccccc7)nc6c54)c3)n2)cc1.c1ccc(-c2ccc(-c3cc(-c4ccccc4)nc(-c4ccc5c(ccc6ccc7sc(-c8ccccc8)nc7c65)c4)n3)cc2)cc1.c1ccc(-c2cccc(-c3nc(-c4ccccc4)nc(-c4ccc5c(ccc6ccc7oc(-c8ccccc8)nc7c65)c4)n3)c2)cc1. The first-order valence-corrected chi connectivity index (χ1v) is 46.5. The molecule has 135 heavy (non-hydrogen) atoms. The Morgan fingerprint density at radius 3 is 0.844 bits per heavy atom. The van der Waals surface area contributed by atoms with E-state index < -0.39 is 0 Å². The van der Waals surface area contributed by atoms with E-state index in [1.165, 1.54) is 52.8 Å². The molecule has 13 heteroatoms. The van der Waals surface area contributed by atoms with Gasteiger partial charge in [0.05, 0.1) is 43.2 Å². The number of benzene rings is 20. The molecule has 11 nitrogen and oxygen atoms in total. The smallest absolute Gasteiger partial charge is 0.227 e. The molecule has 0 aliphatic carbocycles. The minimum absolute atomic E-state index is 0.615. The van der Waals surface area contributed by atoms with E-state index in [-0.39, 0.29) is 0 Å². The third kappa shape index (κ3) is 16.1. The summed E-state index contributed by atoms with van der Waals surface area (Å²) in [6.07, 6.45) is 0. The number of nitrogens with zero attached hydrogens (tertiary/aromatic N) is 10. The fraction of sp³-hybridized carbons (Fsp3) is 0. The highest BCUT2D eigenvalue weighted by Crippen LogP contribution is 2.44. The maximum atomic E-state index is 6.21. The highest BCUT2D eigenvalue weighted by Gasteiger charge is 2.22. The van der Waals surface area contributed by atoms with Crippen molar-refractivity contribution in [3.63, 3.8) is 0 Å². The monoisotopic (exact) mass is 1760 g/mol. The van der Waals surface area contributed by atoms with Gasteiger partial charge in [-0.1, -0.05) is 394 Å². The number of hydrogen-bond acceptors (Lipinski definition) is 13. The predicted octanol–water partition coefficient (Wildman–Crippen LogP) is 32.4. The lowest BCUT2D eigenvalue weighted by atomic mass is 9.98. The molecule has 0 saturated heterocycles. The Morgan fingerprint density at radius 1 is 0.163 bits per heavy atom. The highest BCUT2D eigenvalue weighted by atomic mass is 32.1. The van der Waals surface area contributed by atoms with Crippen LogP contribution >= 0.6 is 22.7 Å². The first kappa shape index (κ1) is 80.7. The van der Waals surface area contributed by atoms with Crippen molar-refractivity contribution in [2.45, 2.75) is 0 Å². The summed E-state index contributed by atoms with van der Waals surface area (Å²) in [5, 5.41) is 15.8. The molecule has 26 rings (SSSR count). The van der Waals surface area contributed by atoms with Crippen molar-refractivity contribution in [1.29, 1.82) is 0 Å². The Bertz CT molecular complexity index is 8890. The number of thiazole rings is 2. The Morgan fingerprint density at radius 2 is 0.437 bits per heavy atom. The van der Waals surface area contributed by atoms with Crippen LogP contribution in [0.3, 0.4) is 0 Å². The van der Waals surface area contributed by atoms with E-state index in [1.54, 1.807) is 22.7 Å². The van der Waals surface area contributed by atoms with Gasteiger partial charge >= 0.3 is 0 Å². The van der Waals surface area contributed by atoms with Crippen molar-refractivity contribution in [3.8, 4) is 157 Å². The van der Waals surface area contributed by atoms with E-state index in [4.69, 9.17) is 54.3 Å². The summed E-state index contributed by atoms with van der Waals surface area (Å²) in [5.41, 5.74) is 24.2. The summed E-state index contributed by atoms with van der Waals surface area (Å²) in [4.78, 5) is 50.5. The average molecular weight is 1760 g/mol. The van der Waals surface area contributed by atoms with E-state index in [2.05, 4.69) is 328 Å². The summed E-state index contributed by atoms with van der Waals surface area (Å²) >= 11 is 3.48. The Kier molecular flexibility index (Phi) is 21.1.